The van der Waals surface area contributed by atoms with Gasteiger partial charge >= 0.3 is 0 Å². The van der Waals surface area contributed by atoms with Crippen molar-refractivity contribution in [1.29, 1.82) is 0 Å². The van der Waals surface area contributed by atoms with Crippen molar-refractivity contribution in [3.8, 4) is 0 Å². The number of nitrogens with zero attached hydrogens (tertiary/aromatic N) is 2. The molecule has 15 heavy (non-hydrogen) atoms. The molecule has 0 aromatic carbocycles. The van der Waals surface area contributed by atoms with Crippen LogP contribution in [0.5, 0.6) is 0 Å². The molecular weight excluding hydrogens is 192 g/mol. The molecule has 1 fully saturated rings. The first kappa shape index (κ1) is 10.0. The summed E-state index contributed by atoms with van der Waals surface area (Å²) in [6, 6.07) is 0.283. The lowest BCUT2D eigenvalue weighted by Gasteiger charge is -2.12. The van der Waals surface area contributed by atoms with Crippen LogP contribution in [0.4, 0.5) is 5.69 Å². The molecule has 82 valence electrons. The van der Waals surface area contributed by atoms with Gasteiger partial charge in [0.25, 0.3) is 0 Å². The number of carbonyl (C=O) groups excluding carboxylic acids is 1. The zero-order valence-electron chi connectivity index (χ0n) is 8.81. The maximum Gasteiger partial charge on any atom is 0.241 e. The summed E-state index contributed by atoms with van der Waals surface area (Å²) in [4.78, 5) is 11.6. The second kappa shape index (κ2) is 3.92. The van der Waals surface area contributed by atoms with Crippen LogP contribution in [0.25, 0.3) is 0 Å². The number of nitrogens with two attached hydrogens (primary N) is 1. The minimum atomic E-state index is -0.00231. The van der Waals surface area contributed by atoms with E-state index >= 15 is 0 Å². The van der Waals surface area contributed by atoms with Crippen LogP contribution in [0, 0.1) is 5.92 Å². The van der Waals surface area contributed by atoms with Crippen LogP contribution in [-0.4, -0.2) is 21.7 Å². The van der Waals surface area contributed by atoms with Crippen LogP contribution in [0.15, 0.2) is 12.4 Å². The zero-order chi connectivity index (χ0) is 10.8. The number of aromatic nitrogens is 2. The Balaban J connectivity index is 1.81. The Morgan fingerprint density at radius 3 is 3.07 bits per heavy atom. The van der Waals surface area contributed by atoms with Gasteiger partial charge in [-0.25, -0.2) is 0 Å². The number of amides is 1. The van der Waals surface area contributed by atoms with Crippen LogP contribution in [0.3, 0.4) is 0 Å². The minimum absolute atomic E-state index is 0.00231. The molecule has 0 aliphatic heterocycles. The number of carbonyl (C=O) groups is 1. The lowest BCUT2D eigenvalue weighted by molar-refractivity contribution is -0.122. The van der Waals surface area contributed by atoms with Crippen LogP contribution in [-0.2, 0) is 11.3 Å². The van der Waals surface area contributed by atoms with Gasteiger partial charge in [0.05, 0.1) is 11.9 Å². The van der Waals surface area contributed by atoms with Gasteiger partial charge in [0.1, 0.15) is 6.54 Å². The number of hydrogen-bond acceptors (Lipinski definition) is 3. The predicted molar refractivity (Wildman–Crippen MR) is 57.0 cm³/mol. The second-order valence-corrected chi connectivity index (χ2v) is 4.16. The maximum atomic E-state index is 11.6. The van der Waals surface area contributed by atoms with Crippen molar-refractivity contribution >= 4 is 11.6 Å². The molecule has 1 aliphatic carbocycles. The molecule has 1 aromatic rings. The van der Waals surface area contributed by atoms with Gasteiger partial charge in [-0.05, 0) is 25.7 Å². The third-order valence-electron chi connectivity index (χ3n) is 2.68. The van der Waals surface area contributed by atoms with Gasteiger partial charge in [0, 0.05) is 12.2 Å². The van der Waals surface area contributed by atoms with Crippen LogP contribution < -0.4 is 11.1 Å². The highest BCUT2D eigenvalue weighted by atomic mass is 16.2. The molecule has 0 spiro atoms. The van der Waals surface area contributed by atoms with Gasteiger partial charge in [0.15, 0.2) is 0 Å². The third kappa shape index (κ3) is 2.71. The minimum Gasteiger partial charge on any atom is -0.396 e. The summed E-state index contributed by atoms with van der Waals surface area (Å²) in [5, 5.41) is 6.91. The molecule has 1 aliphatic rings. The molecule has 5 nitrogen and oxygen atoms in total. The van der Waals surface area contributed by atoms with E-state index in [0.29, 0.717) is 11.6 Å². The van der Waals surface area contributed by atoms with Crippen molar-refractivity contribution in [3.63, 3.8) is 0 Å². The summed E-state index contributed by atoms with van der Waals surface area (Å²) in [6.45, 7) is 2.29. The summed E-state index contributed by atoms with van der Waals surface area (Å²) >= 11 is 0. The van der Waals surface area contributed by atoms with Crippen LogP contribution in [0.2, 0.25) is 0 Å². The lowest BCUT2D eigenvalue weighted by atomic mass is 10.2. The highest BCUT2D eigenvalue weighted by Gasteiger charge is 2.28. The highest BCUT2D eigenvalue weighted by Crippen LogP contribution is 2.32. The summed E-state index contributed by atoms with van der Waals surface area (Å²) in [7, 11) is 0. The lowest BCUT2D eigenvalue weighted by Crippen LogP contribution is -2.36. The van der Waals surface area contributed by atoms with Gasteiger partial charge in [-0.1, -0.05) is 0 Å². The Morgan fingerprint density at radius 1 is 1.80 bits per heavy atom. The van der Waals surface area contributed by atoms with E-state index in [4.69, 9.17) is 5.73 Å². The van der Waals surface area contributed by atoms with Crippen molar-refractivity contribution in [3.05, 3.63) is 12.4 Å². The Kier molecular flexibility index (Phi) is 2.62. The molecule has 0 bridgehead atoms. The highest BCUT2D eigenvalue weighted by molar-refractivity contribution is 5.76. The second-order valence-electron chi connectivity index (χ2n) is 4.16. The Labute approximate surface area is 88.6 Å². The Hall–Kier alpha value is -1.52. The summed E-state index contributed by atoms with van der Waals surface area (Å²) < 4.78 is 1.55. The molecule has 1 saturated carbocycles. The molecule has 2 rings (SSSR count). The molecule has 1 aromatic heterocycles. The average molecular weight is 208 g/mol. The monoisotopic (exact) mass is 208 g/mol. The van der Waals surface area contributed by atoms with Gasteiger partial charge in [-0.2, -0.15) is 5.10 Å². The molecule has 0 saturated heterocycles. The normalized spacial score (nSPS) is 17.4. The van der Waals surface area contributed by atoms with Crippen molar-refractivity contribution in [2.24, 2.45) is 5.92 Å². The van der Waals surface area contributed by atoms with E-state index in [1.165, 1.54) is 19.0 Å². The van der Waals surface area contributed by atoms with E-state index in [-0.39, 0.29) is 18.5 Å². The van der Waals surface area contributed by atoms with Gasteiger partial charge in [-0.3, -0.25) is 9.48 Å². The topological polar surface area (TPSA) is 72.9 Å². The number of anilines is 1. The fourth-order valence-corrected chi connectivity index (χ4v) is 1.63. The van der Waals surface area contributed by atoms with E-state index in [9.17, 15) is 4.79 Å². The number of rotatable bonds is 4. The van der Waals surface area contributed by atoms with E-state index < -0.39 is 0 Å². The Morgan fingerprint density at radius 2 is 2.53 bits per heavy atom. The molecule has 1 atom stereocenters. The molecule has 1 unspecified atom stereocenters. The predicted octanol–water partition coefficient (Wildman–Crippen LogP) is 0.380. The zero-order valence-corrected chi connectivity index (χ0v) is 8.81. The first-order valence-electron chi connectivity index (χ1n) is 5.22. The molecule has 3 N–H and O–H groups in total. The van der Waals surface area contributed by atoms with Gasteiger partial charge < -0.3 is 11.1 Å². The summed E-state index contributed by atoms with van der Waals surface area (Å²) in [6.07, 6.45) is 5.66. The van der Waals surface area contributed by atoms with Crippen molar-refractivity contribution in [2.45, 2.75) is 32.4 Å². The molecule has 0 radical (unpaired) electrons. The number of hydrogen-bond donors (Lipinski definition) is 2. The summed E-state index contributed by atoms with van der Waals surface area (Å²) in [5.41, 5.74) is 6.08. The Bertz CT molecular complexity index is 356. The van der Waals surface area contributed by atoms with E-state index in [1.54, 1.807) is 10.9 Å². The third-order valence-corrected chi connectivity index (χ3v) is 2.68. The first-order chi connectivity index (χ1) is 7.15. The van der Waals surface area contributed by atoms with Crippen molar-refractivity contribution in [2.75, 3.05) is 5.73 Å². The molecule has 5 heteroatoms. The summed E-state index contributed by atoms with van der Waals surface area (Å²) in [5.74, 6) is 0.675. The first-order valence-corrected chi connectivity index (χ1v) is 5.22. The van der Waals surface area contributed by atoms with Gasteiger partial charge in [-0.15, -0.1) is 0 Å². The van der Waals surface area contributed by atoms with E-state index in [0.717, 1.165) is 0 Å². The van der Waals surface area contributed by atoms with Crippen molar-refractivity contribution < 1.29 is 4.79 Å². The van der Waals surface area contributed by atoms with E-state index in [1.807, 2.05) is 6.92 Å². The fraction of sp³-hybridized carbons (Fsp3) is 0.600. The van der Waals surface area contributed by atoms with Gasteiger partial charge in [0.2, 0.25) is 5.91 Å². The quantitative estimate of drug-likeness (QED) is 0.751. The molecular formula is C10H16N4O. The molecule has 1 amide bonds. The van der Waals surface area contributed by atoms with E-state index in [2.05, 4.69) is 10.4 Å². The average Bonchev–Trinajstić information content (AvgIpc) is 2.92. The molecule has 1 heterocycles. The van der Waals surface area contributed by atoms with Crippen molar-refractivity contribution in [1.82, 2.24) is 15.1 Å². The van der Waals surface area contributed by atoms with Crippen LogP contribution in [0.1, 0.15) is 19.8 Å². The number of nitrogen functional groups attached to an aromatic ring is 1. The largest absolute Gasteiger partial charge is 0.396 e. The fourth-order valence-electron chi connectivity index (χ4n) is 1.63. The standard InChI is InChI=1S/C10H16N4O/c1-7(8-2-3-8)13-10(15)6-14-5-9(11)4-12-14/h4-5,7-8H,2-3,6,11H2,1H3,(H,13,15). The maximum absolute atomic E-state index is 11.6. The smallest absolute Gasteiger partial charge is 0.241 e. The SMILES string of the molecule is CC(NC(=O)Cn1cc(N)cn1)C1CC1. The van der Waals surface area contributed by atoms with Crippen LogP contribution >= 0.6 is 0 Å². The number of nitrogens with one attached hydrogen (secondary N) is 1.